The van der Waals surface area contributed by atoms with Crippen molar-refractivity contribution in [2.45, 2.75) is 45.8 Å². The van der Waals surface area contributed by atoms with Crippen molar-refractivity contribution in [1.29, 1.82) is 0 Å². The number of para-hydroxylation sites is 1. The lowest BCUT2D eigenvalue weighted by molar-refractivity contribution is 0.00597. The van der Waals surface area contributed by atoms with Gasteiger partial charge in [-0.2, -0.15) is 0 Å². The van der Waals surface area contributed by atoms with Crippen molar-refractivity contribution in [3.05, 3.63) is 89.9 Å². The van der Waals surface area contributed by atoms with Crippen LogP contribution in [0.25, 0.3) is 22.0 Å². The molecule has 0 bridgehead atoms. The predicted octanol–water partition coefficient (Wildman–Crippen LogP) is 7.24. The van der Waals surface area contributed by atoms with Gasteiger partial charge in [-0.1, -0.05) is 42.5 Å². The largest absolute Gasteiger partial charge is 0.493 e. The summed E-state index contributed by atoms with van der Waals surface area (Å²) in [7, 11) is 0. The van der Waals surface area contributed by atoms with Crippen molar-refractivity contribution in [2.75, 3.05) is 6.61 Å². The van der Waals surface area contributed by atoms with Gasteiger partial charge >= 0.3 is 5.97 Å². The highest BCUT2D eigenvalue weighted by molar-refractivity contribution is 6.09. The van der Waals surface area contributed by atoms with E-state index < -0.39 is 11.6 Å². The first-order chi connectivity index (χ1) is 16.8. The summed E-state index contributed by atoms with van der Waals surface area (Å²) < 4.78 is 27.5. The molecule has 1 aromatic heterocycles. The molecule has 0 atom stereocenters. The highest BCUT2D eigenvalue weighted by Gasteiger charge is 2.28. The van der Waals surface area contributed by atoms with Crippen LogP contribution in [0.3, 0.4) is 0 Å². The zero-order valence-electron chi connectivity index (χ0n) is 20.4. The van der Waals surface area contributed by atoms with Crippen molar-refractivity contribution in [3.63, 3.8) is 0 Å². The van der Waals surface area contributed by atoms with Gasteiger partial charge in [0.25, 0.3) is 0 Å². The molecule has 1 aliphatic carbocycles. The average molecular weight is 472 g/mol. The van der Waals surface area contributed by atoms with E-state index in [1.54, 1.807) is 12.1 Å². The standard InChI is InChI=1S/C30H30FNO3/c1-30(2,3)35-29(33)28-27(22-7-6-8-24(17-22)34-19-21-11-12-21)25-9-4-5-10-26(25)32(28)18-20-13-15-23(31)16-14-20/h4-10,13-17,21H,11-12,18-19H2,1-3H3. The summed E-state index contributed by atoms with van der Waals surface area (Å²) in [4.78, 5) is 13.7. The first-order valence-corrected chi connectivity index (χ1v) is 12.1. The number of carbonyl (C=O) groups is 1. The Morgan fingerprint density at radius 1 is 1.00 bits per heavy atom. The smallest absolute Gasteiger partial charge is 0.356 e. The van der Waals surface area contributed by atoms with Gasteiger partial charge in [-0.3, -0.25) is 0 Å². The summed E-state index contributed by atoms with van der Waals surface area (Å²) >= 11 is 0. The van der Waals surface area contributed by atoms with Gasteiger partial charge in [0.1, 0.15) is 22.9 Å². The van der Waals surface area contributed by atoms with Crippen LogP contribution >= 0.6 is 0 Å². The molecule has 4 aromatic rings. The Morgan fingerprint density at radius 3 is 2.46 bits per heavy atom. The number of hydrogen-bond donors (Lipinski definition) is 0. The number of carbonyl (C=O) groups excluding carboxylic acids is 1. The summed E-state index contributed by atoms with van der Waals surface area (Å²) in [5.41, 5.74) is 3.34. The summed E-state index contributed by atoms with van der Waals surface area (Å²) in [6.07, 6.45) is 2.44. The molecular formula is C30H30FNO3. The summed E-state index contributed by atoms with van der Waals surface area (Å²) in [6, 6.07) is 22.2. The Balaban J connectivity index is 1.67. The van der Waals surface area contributed by atoms with Crippen LogP contribution in [0.5, 0.6) is 5.75 Å². The van der Waals surface area contributed by atoms with Crippen LogP contribution in [0.15, 0.2) is 72.8 Å². The molecule has 0 saturated heterocycles. The number of halogens is 1. The second kappa shape index (κ2) is 9.21. The number of esters is 1. The van der Waals surface area contributed by atoms with Gasteiger partial charge in [0.2, 0.25) is 0 Å². The number of hydrogen-bond acceptors (Lipinski definition) is 3. The van der Waals surface area contributed by atoms with Crippen LogP contribution in [0, 0.1) is 11.7 Å². The van der Waals surface area contributed by atoms with Crippen LogP contribution < -0.4 is 4.74 Å². The van der Waals surface area contributed by atoms with Crippen LogP contribution in [-0.2, 0) is 11.3 Å². The summed E-state index contributed by atoms with van der Waals surface area (Å²) in [5, 5.41) is 0.954. The fourth-order valence-corrected chi connectivity index (χ4v) is 4.31. The van der Waals surface area contributed by atoms with Crippen LogP contribution in [0.4, 0.5) is 4.39 Å². The molecule has 3 aromatic carbocycles. The summed E-state index contributed by atoms with van der Waals surface area (Å²) in [6.45, 7) is 6.72. The van der Waals surface area contributed by atoms with Crippen molar-refractivity contribution in [2.24, 2.45) is 5.92 Å². The van der Waals surface area contributed by atoms with Crippen LogP contribution in [-0.4, -0.2) is 22.7 Å². The fraction of sp³-hybridized carbons (Fsp3) is 0.300. The maximum atomic E-state index is 13.7. The number of benzene rings is 3. The minimum absolute atomic E-state index is 0.290. The molecule has 1 heterocycles. The molecule has 0 aliphatic heterocycles. The van der Waals surface area contributed by atoms with Gasteiger partial charge in [0, 0.05) is 23.0 Å². The van der Waals surface area contributed by atoms with E-state index in [9.17, 15) is 9.18 Å². The molecule has 1 saturated carbocycles. The maximum Gasteiger partial charge on any atom is 0.356 e. The molecule has 35 heavy (non-hydrogen) atoms. The van der Waals surface area contributed by atoms with E-state index in [1.807, 2.05) is 73.9 Å². The Morgan fingerprint density at radius 2 is 1.74 bits per heavy atom. The molecule has 5 rings (SSSR count). The van der Waals surface area contributed by atoms with E-state index in [-0.39, 0.29) is 5.82 Å². The van der Waals surface area contributed by atoms with Crippen LogP contribution in [0.2, 0.25) is 0 Å². The molecule has 5 heteroatoms. The first kappa shape index (κ1) is 23.2. The third-order valence-electron chi connectivity index (χ3n) is 6.12. The predicted molar refractivity (Wildman–Crippen MR) is 136 cm³/mol. The van der Waals surface area contributed by atoms with Gasteiger partial charge in [0.15, 0.2) is 0 Å². The molecule has 4 nitrogen and oxygen atoms in total. The van der Waals surface area contributed by atoms with Gasteiger partial charge in [-0.15, -0.1) is 0 Å². The molecule has 180 valence electrons. The van der Waals surface area contributed by atoms with Gasteiger partial charge in [-0.25, -0.2) is 9.18 Å². The quantitative estimate of drug-likeness (QED) is 0.267. The lowest BCUT2D eigenvalue weighted by atomic mass is 10.0. The Bertz CT molecular complexity index is 1360. The monoisotopic (exact) mass is 471 g/mol. The van der Waals surface area contributed by atoms with Crippen molar-refractivity contribution in [3.8, 4) is 16.9 Å². The van der Waals surface area contributed by atoms with Crippen molar-refractivity contribution >= 4 is 16.9 Å². The summed E-state index contributed by atoms with van der Waals surface area (Å²) in [5.74, 6) is 0.755. The highest BCUT2D eigenvalue weighted by atomic mass is 19.1. The molecule has 0 spiro atoms. The topological polar surface area (TPSA) is 40.5 Å². The van der Waals surface area contributed by atoms with E-state index in [0.717, 1.165) is 33.3 Å². The molecule has 0 unspecified atom stereocenters. The normalized spacial score (nSPS) is 13.7. The average Bonchev–Trinajstić information content (AvgIpc) is 3.59. The SMILES string of the molecule is CC(C)(C)OC(=O)c1c(-c2cccc(OCC3CC3)c2)c2ccccc2n1Cc1ccc(F)cc1. The number of fused-ring (bicyclic) bond motifs is 1. The first-order valence-electron chi connectivity index (χ1n) is 12.1. The van der Waals surface area contributed by atoms with Gasteiger partial charge < -0.3 is 14.0 Å². The van der Waals surface area contributed by atoms with Crippen LogP contribution in [0.1, 0.15) is 49.7 Å². The van der Waals surface area contributed by atoms with Crippen molar-refractivity contribution < 1.29 is 18.7 Å². The minimum Gasteiger partial charge on any atom is -0.493 e. The second-order valence-electron chi connectivity index (χ2n) is 10.2. The molecule has 0 amide bonds. The lowest BCUT2D eigenvalue weighted by Crippen LogP contribution is -2.26. The maximum absolute atomic E-state index is 13.7. The van der Waals surface area contributed by atoms with E-state index in [0.29, 0.717) is 24.8 Å². The molecule has 0 radical (unpaired) electrons. The molecular weight excluding hydrogens is 441 g/mol. The van der Waals surface area contributed by atoms with E-state index >= 15 is 0 Å². The van der Waals surface area contributed by atoms with E-state index in [4.69, 9.17) is 9.47 Å². The van der Waals surface area contributed by atoms with Gasteiger partial charge in [0.05, 0.1) is 6.61 Å². The Hall–Kier alpha value is -3.60. The third kappa shape index (κ3) is 5.24. The van der Waals surface area contributed by atoms with Crippen molar-refractivity contribution in [1.82, 2.24) is 4.57 Å². The van der Waals surface area contributed by atoms with E-state index in [2.05, 4.69) is 0 Å². The number of rotatable bonds is 7. The Kier molecular flexibility index (Phi) is 6.10. The number of ether oxygens (including phenoxy) is 2. The highest BCUT2D eigenvalue weighted by Crippen LogP contribution is 2.38. The minimum atomic E-state index is -0.652. The zero-order valence-corrected chi connectivity index (χ0v) is 20.4. The molecule has 1 aliphatic rings. The Labute approximate surface area is 205 Å². The number of aromatic nitrogens is 1. The molecule has 1 fully saturated rings. The zero-order chi connectivity index (χ0) is 24.6. The van der Waals surface area contributed by atoms with E-state index in [1.165, 1.54) is 25.0 Å². The number of nitrogens with zero attached hydrogens (tertiary/aromatic N) is 1. The van der Waals surface area contributed by atoms with Gasteiger partial charge in [-0.05, 0) is 81.0 Å². The second-order valence-corrected chi connectivity index (χ2v) is 10.2. The molecule has 0 N–H and O–H groups in total. The lowest BCUT2D eigenvalue weighted by Gasteiger charge is -2.21. The third-order valence-corrected chi connectivity index (χ3v) is 6.12. The fourth-order valence-electron chi connectivity index (χ4n) is 4.31.